The maximum absolute atomic E-state index is 12.6. The van der Waals surface area contributed by atoms with Crippen LogP contribution < -0.4 is 5.32 Å². The summed E-state index contributed by atoms with van der Waals surface area (Å²) in [6, 6.07) is 6.66. The van der Waals surface area contributed by atoms with Gasteiger partial charge in [-0.25, -0.2) is 14.5 Å². The van der Waals surface area contributed by atoms with Gasteiger partial charge in [0.15, 0.2) is 12.4 Å². The number of amides is 1. The van der Waals surface area contributed by atoms with E-state index < -0.39 is 35.2 Å². The monoisotopic (exact) mass is 426 g/mol. The van der Waals surface area contributed by atoms with Gasteiger partial charge in [0.25, 0.3) is 5.91 Å². The summed E-state index contributed by atoms with van der Waals surface area (Å²) in [6.07, 6.45) is -2.72. The molecule has 0 fully saturated rings. The van der Waals surface area contributed by atoms with Crippen LogP contribution in [0.5, 0.6) is 0 Å². The van der Waals surface area contributed by atoms with Crippen LogP contribution in [0.4, 0.5) is 19.0 Å². The zero-order chi connectivity index (χ0) is 21.0. The van der Waals surface area contributed by atoms with Crippen molar-refractivity contribution in [1.29, 1.82) is 0 Å². The molecule has 0 saturated heterocycles. The van der Waals surface area contributed by atoms with Crippen molar-refractivity contribution in [2.75, 3.05) is 11.9 Å². The van der Waals surface area contributed by atoms with Crippen LogP contribution in [0.1, 0.15) is 15.9 Å². The number of aromatic nitrogens is 5. The van der Waals surface area contributed by atoms with Crippen molar-refractivity contribution in [2.24, 2.45) is 0 Å². The van der Waals surface area contributed by atoms with Crippen molar-refractivity contribution in [2.45, 2.75) is 6.18 Å². The fraction of sp³-hybridized carbons (Fsp3) is 0.125. The highest BCUT2D eigenvalue weighted by Crippen LogP contribution is 2.32. The molecule has 1 aromatic carbocycles. The van der Waals surface area contributed by atoms with Gasteiger partial charge in [0.1, 0.15) is 6.33 Å². The molecule has 0 saturated carbocycles. The highest BCUT2D eigenvalue weighted by Gasteiger charge is 2.31. The molecule has 2 heterocycles. The number of rotatable bonds is 5. The van der Waals surface area contributed by atoms with Gasteiger partial charge in [0.2, 0.25) is 0 Å². The quantitative estimate of drug-likeness (QED) is 0.624. The van der Waals surface area contributed by atoms with E-state index in [0.29, 0.717) is 18.0 Å². The van der Waals surface area contributed by atoms with E-state index in [1.807, 2.05) is 0 Å². The number of ether oxygens (including phenoxy) is 1. The molecular weight excluding hydrogens is 417 g/mol. The number of esters is 1. The summed E-state index contributed by atoms with van der Waals surface area (Å²) in [5, 5.41) is 12.4. The fourth-order valence-electron chi connectivity index (χ4n) is 2.10. The van der Waals surface area contributed by atoms with Gasteiger partial charge in [-0.2, -0.15) is 13.2 Å². The third kappa shape index (κ3) is 5.04. The van der Waals surface area contributed by atoms with Crippen molar-refractivity contribution in [1.82, 2.24) is 25.2 Å². The van der Waals surface area contributed by atoms with E-state index in [9.17, 15) is 22.8 Å². The number of carbonyl (C=O) groups excluding carboxylic acids is 2. The molecule has 29 heavy (non-hydrogen) atoms. The minimum atomic E-state index is -4.62. The number of carbonyl (C=O) groups is 2. The Labute approximate surface area is 165 Å². The lowest BCUT2D eigenvalue weighted by atomic mass is 10.2. The molecule has 150 valence electrons. The van der Waals surface area contributed by atoms with E-state index in [-0.39, 0.29) is 11.4 Å². The van der Waals surface area contributed by atoms with E-state index in [1.165, 1.54) is 23.1 Å². The van der Waals surface area contributed by atoms with E-state index in [4.69, 9.17) is 16.3 Å². The fourth-order valence-corrected chi connectivity index (χ4v) is 2.31. The predicted molar refractivity (Wildman–Crippen MR) is 92.3 cm³/mol. The topological polar surface area (TPSA) is 112 Å². The Hall–Kier alpha value is -3.54. The maximum atomic E-state index is 12.6. The van der Waals surface area contributed by atoms with Crippen molar-refractivity contribution >= 4 is 29.3 Å². The number of anilines is 1. The molecule has 0 aliphatic rings. The first-order valence-corrected chi connectivity index (χ1v) is 8.15. The summed E-state index contributed by atoms with van der Waals surface area (Å²) in [5.41, 5.74) is -0.287. The minimum absolute atomic E-state index is 0.167. The van der Waals surface area contributed by atoms with Crippen LogP contribution in [0.3, 0.4) is 0 Å². The molecule has 1 amide bonds. The second-order valence-corrected chi connectivity index (χ2v) is 5.88. The predicted octanol–water partition coefficient (Wildman–Crippen LogP) is 2.52. The molecule has 3 rings (SSSR count). The van der Waals surface area contributed by atoms with Crippen molar-refractivity contribution < 1.29 is 27.5 Å². The number of nitrogens with zero attached hydrogens (tertiary/aromatic N) is 5. The Balaban J connectivity index is 1.56. The molecule has 0 atom stereocenters. The molecule has 3 aromatic rings. The van der Waals surface area contributed by atoms with Crippen LogP contribution in [0.25, 0.3) is 5.69 Å². The number of hydrogen-bond acceptors (Lipinski definition) is 7. The lowest BCUT2D eigenvalue weighted by Gasteiger charge is -2.10. The summed E-state index contributed by atoms with van der Waals surface area (Å²) in [4.78, 5) is 27.3. The molecular formula is C16H10ClF3N6O3. The van der Waals surface area contributed by atoms with E-state index >= 15 is 0 Å². The molecule has 0 bridgehead atoms. The van der Waals surface area contributed by atoms with Gasteiger partial charge in [-0.15, -0.1) is 5.10 Å². The van der Waals surface area contributed by atoms with E-state index in [0.717, 1.165) is 0 Å². The summed E-state index contributed by atoms with van der Waals surface area (Å²) in [5.74, 6) is -1.89. The van der Waals surface area contributed by atoms with Crippen molar-refractivity contribution in [3.63, 3.8) is 0 Å². The summed E-state index contributed by atoms with van der Waals surface area (Å²) < 4.78 is 44.0. The SMILES string of the molecule is O=C(COC(=O)c1ccc(-n2cnnn2)cc1)Nc1ncc(C(F)(F)F)cc1Cl. The highest BCUT2D eigenvalue weighted by atomic mass is 35.5. The highest BCUT2D eigenvalue weighted by molar-refractivity contribution is 6.33. The molecule has 1 N–H and O–H groups in total. The number of alkyl halides is 3. The first-order chi connectivity index (χ1) is 13.7. The number of benzene rings is 1. The number of nitrogens with one attached hydrogen (secondary N) is 1. The summed E-state index contributed by atoms with van der Waals surface area (Å²) >= 11 is 5.69. The Morgan fingerprint density at radius 2 is 1.93 bits per heavy atom. The average molecular weight is 427 g/mol. The Morgan fingerprint density at radius 3 is 2.52 bits per heavy atom. The zero-order valence-electron chi connectivity index (χ0n) is 14.2. The van der Waals surface area contributed by atoms with Crippen LogP contribution in [-0.2, 0) is 15.7 Å². The number of hydrogen-bond donors (Lipinski definition) is 1. The van der Waals surface area contributed by atoms with Crippen LogP contribution >= 0.6 is 11.6 Å². The van der Waals surface area contributed by atoms with Gasteiger partial charge in [0.05, 0.1) is 21.8 Å². The van der Waals surface area contributed by atoms with Crippen LogP contribution in [0, 0.1) is 0 Å². The number of tetrazole rings is 1. The van der Waals surface area contributed by atoms with Gasteiger partial charge in [0, 0.05) is 6.20 Å². The smallest absolute Gasteiger partial charge is 0.417 e. The molecule has 0 aliphatic carbocycles. The second-order valence-electron chi connectivity index (χ2n) is 5.48. The first-order valence-electron chi connectivity index (χ1n) is 7.77. The van der Waals surface area contributed by atoms with E-state index in [1.54, 1.807) is 12.1 Å². The number of halogens is 4. The number of pyridine rings is 1. The maximum Gasteiger partial charge on any atom is 0.417 e. The summed E-state index contributed by atoms with van der Waals surface area (Å²) in [6.45, 7) is -0.688. The van der Waals surface area contributed by atoms with Gasteiger partial charge in [-0.3, -0.25) is 4.79 Å². The standard InChI is InChI=1S/C16H10ClF3N6O3/c17-12-5-10(16(18,19)20)6-21-14(12)23-13(27)7-29-15(28)9-1-3-11(4-2-9)26-8-22-24-25-26/h1-6,8H,7H2,(H,21,23,27). The largest absolute Gasteiger partial charge is 0.452 e. The normalized spacial score (nSPS) is 11.2. The van der Waals surface area contributed by atoms with Crippen LogP contribution in [0.15, 0.2) is 42.9 Å². The molecule has 9 nitrogen and oxygen atoms in total. The second kappa shape index (κ2) is 8.22. The lowest BCUT2D eigenvalue weighted by Crippen LogP contribution is -2.22. The average Bonchev–Trinajstić information content (AvgIpc) is 3.22. The van der Waals surface area contributed by atoms with Crippen molar-refractivity contribution in [3.05, 3.63) is 59.0 Å². The molecule has 0 aliphatic heterocycles. The van der Waals surface area contributed by atoms with Crippen LogP contribution in [0.2, 0.25) is 5.02 Å². The van der Waals surface area contributed by atoms with Gasteiger partial charge < -0.3 is 10.1 Å². The molecule has 13 heteroatoms. The lowest BCUT2D eigenvalue weighted by molar-refractivity contribution is -0.137. The molecule has 0 unspecified atom stereocenters. The minimum Gasteiger partial charge on any atom is -0.452 e. The first kappa shape index (κ1) is 20.2. The van der Waals surface area contributed by atoms with Crippen LogP contribution in [-0.4, -0.2) is 43.7 Å². The van der Waals surface area contributed by atoms with E-state index in [2.05, 4.69) is 25.8 Å². The summed E-state index contributed by atoms with van der Waals surface area (Å²) in [7, 11) is 0. The Morgan fingerprint density at radius 1 is 1.21 bits per heavy atom. The Kier molecular flexibility index (Phi) is 5.73. The van der Waals surface area contributed by atoms with Gasteiger partial charge in [-0.1, -0.05) is 11.6 Å². The molecule has 2 aromatic heterocycles. The van der Waals surface area contributed by atoms with Gasteiger partial charge in [-0.05, 0) is 40.8 Å². The molecule has 0 radical (unpaired) electrons. The zero-order valence-corrected chi connectivity index (χ0v) is 15.0. The van der Waals surface area contributed by atoms with Gasteiger partial charge >= 0.3 is 12.1 Å². The third-order valence-corrected chi connectivity index (χ3v) is 3.77. The molecule has 0 spiro atoms. The Bertz CT molecular complexity index is 1030. The van der Waals surface area contributed by atoms with Crippen molar-refractivity contribution in [3.8, 4) is 5.69 Å². The third-order valence-electron chi connectivity index (χ3n) is 3.48.